The molecule has 2 aromatic rings. The zero-order valence-electron chi connectivity index (χ0n) is 12.5. The number of aryl methyl sites for hydroxylation is 5. The first-order chi connectivity index (χ1) is 8.93. The van der Waals surface area contributed by atoms with E-state index >= 15 is 0 Å². The Morgan fingerprint density at radius 3 is 1.63 bits per heavy atom. The molecule has 0 bridgehead atoms. The highest BCUT2D eigenvalue weighted by atomic mass is 79.9. The number of halogens is 1. The fourth-order valence-electron chi connectivity index (χ4n) is 1.84. The molecule has 0 unspecified atom stereocenters. The molecule has 0 heterocycles. The maximum Gasteiger partial charge on any atom is 0.0285 e. The van der Waals surface area contributed by atoms with E-state index in [1.165, 1.54) is 33.4 Å². The Hall–Kier alpha value is -1.08. The lowest BCUT2D eigenvalue weighted by Gasteiger charge is -2.01. The molecule has 0 N–H and O–H groups in total. The Labute approximate surface area is 126 Å². The van der Waals surface area contributed by atoms with Gasteiger partial charge in [0, 0.05) is 5.33 Å². The summed E-state index contributed by atoms with van der Waals surface area (Å²) in [7, 11) is 0. The third-order valence-electron chi connectivity index (χ3n) is 3.31. The summed E-state index contributed by atoms with van der Waals surface area (Å²) in [6.07, 6.45) is 0. The van der Waals surface area contributed by atoms with E-state index in [1.807, 2.05) is 0 Å². The van der Waals surface area contributed by atoms with E-state index in [9.17, 15) is 0 Å². The average Bonchev–Trinajstić information content (AvgIpc) is 2.38. The van der Waals surface area contributed by atoms with Gasteiger partial charge in [0.15, 0.2) is 0 Å². The second-order valence-corrected chi connectivity index (χ2v) is 5.71. The second kappa shape index (κ2) is 7.49. The van der Waals surface area contributed by atoms with Crippen molar-refractivity contribution in [3.05, 3.63) is 69.8 Å². The Bertz CT molecular complexity index is 541. The van der Waals surface area contributed by atoms with Gasteiger partial charge in [-0.05, 0) is 56.9 Å². The molecule has 0 aliphatic heterocycles. The molecule has 0 aromatic heterocycles. The van der Waals surface area contributed by atoms with E-state index in [4.69, 9.17) is 0 Å². The predicted octanol–water partition coefficient (Wildman–Crippen LogP) is 5.81. The summed E-state index contributed by atoms with van der Waals surface area (Å²) in [4.78, 5) is 0. The molecule has 2 rings (SSSR count). The zero-order chi connectivity index (χ0) is 14.4. The van der Waals surface area contributed by atoms with Gasteiger partial charge in [0.2, 0.25) is 0 Å². The standard InChI is InChI=1S/C9H11Br.C9H12/c1-7-3-4-8(2)9(5-7)6-10;1-7-4-5-8(2)9(3)6-7/h3-5H,6H2,1-2H3;4-6H,1-3H3. The van der Waals surface area contributed by atoms with E-state index in [0.29, 0.717) is 0 Å². The Morgan fingerprint density at radius 1 is 0.684 bits per heavy atom. The van der Waals surface area contributed by atoms with Gasteiger partial charge >= 0.3 is 0 Å². The summed E-state index contributed by atoms with van der Waals surface area (Å²) in [6, 6.07) is 13.0. The van der Waals surface area contributed by atoms with Crippen LogP contribution in [0, 0.1) is 34.6 Å². The molecular weight excluding hydrogens is 296 g/mol. The lowest BCUT2D eigenvalue weighted by atomic mass is 10.1. The molecule has 0 saturated carbocycles. The number of hydrogen-bond acceptors (Lipinski definition) is 0. The molecule has 102 valence electrons. The largest absolute Gasteiger partial charge is 0.0876 e. The molecule has 0 nitrogen and oxygen atoms in total. The summed E-state index contributed by atoms with van der Waals surface area (Å²) in [5, 5.41) is 0.959. The smallest absolute Gasteiger partial charge is 0.0285 e. The van der Waals surface area contributed by atoms with Crippen LogP contribution in [0.15, 0.2) is 36.4 Å². The Balaban J connectivity index is 0.000000191. The molecular formula is C18H23Br. The van der Waals surface area contributed by atoms with Crippen molar-refractivity contribution >= 4 is 15.9 Å². The maximum atomic E-state index is 3.44. The van der Waals surface area contributed by atoms with Gasteiger partial charge < -0.3 is 0 Å². The Morgan fingerprint density at radius 2 is 1.21 bits per heavy atom. The van der Waals surface area contributed by atoms with Gasteiger partial charge in [0.25, 0.3) is 0 Å². The highest BCUT2D eigenvalue weighted by molar-refractivity contribution is 9.08. The summed E-state index contributed by atoms with van der Waals surface area (Å²) >= 11 is 3.44. The molecule has 0 fully saturated rings. The fourth-order valence-corrected chi connectivity index (χ4v) is 2.44. The number of alkyl halides is 1. The summed E-state index contributed by atoms with van der Waals surface area (Å²) < 4.78 is 0. The van der Waals surface area contributed by atoms with Gasteiger partial charge in [-0.1, -0.05) is 63.5 Å². The zero-order valence-corrected chi connectivity index (χ0v) is 14.1. The van der Waals surface area contributed by atoms with Gasteiger partial charge in [-0.3, -0.25) is 0 Å². The number of hydrogen-bond donors (Lipinski definition) is 0. The van der Waals surface area contributed by atoms with Crippen LogP contribution in [0.5, 0.6) is 0 Å². The molecule has 19 heavy (non-hydrogen) atoms. The molecule has 0 aliphatic rings. The Kier molecular flexibility index (Phi) is 6.30. The molecule has 0 spiro atoms. The minimum Gasteiger partial charge on any atom is -0.0876 e. The van der Waals surface area contributed by atoms with Crippen LogP contribution in [0.3, 0.4) is 0 Å². The quantitative estimate of drug-likeness (QED) is 0.582. The summed E-state index contributed by atoms with van der Waals surface area (Å²) in [5.74, 6) is 0. The monoisotopic (exact) mass is 318 g/mol. The fraction of sp³-hybridized carbons (Fsp3) is 0.333. The summed E-state index contributed by atoms with van der Waals surface area (Å²) in [5.41, 5.74) is 8.19. The van der Waals surface area contributed by atoms with Crippen molar-refractivity contribution in [2.45, 2.75) is 39.9 Å². The molecule has 0 saturated heterocycles. The topological polar surface area (TPSA) is 0 Å². The van der Waals surface area contributed by atoms with Gasteiger partial charge in [0.05, 0.1) is 0 Å². The van der Waals surface area contributed by atoms with Crippen LogP contribution in [-0.4, -0.2) is 0 Å². The van der Waals surface area contributed by atoms with Crippen LogP contribution < -0.4 is 0 Å². The number of rotatable bonds is 1. The van der Waals surface area contributed by atoms with Crippen molar-refractivity contribution in [2.24, 2.45) is 0 Å². The third-order valence-corrected chi connectivity index (χ3v) is 3.92. The van der Waals surface area contributed by atoms with Gasteiger partial charge in [-0.15, -0.1) is 0 Å². The molecule has 0 atom stereocenters. The van der Waals surface area contributed by atoms with Crippen LogP contribution in [0.1, 0.15) is 33.4 Å². The third kappa shape index (κ3) is 5.20. The molecule has 0 radical (unpaired) electrons. The normalized spacial score (nSPS) is 9.79. The average molecular weight is 319 g/mol. The van der Waals surface area contributed by atoms with E-state index in [1.54, 1.807) is 0 Å². The lowest BCUT2D eigenvalue weighted by molar-refractivity contribution is 1.28. The van der Waals surface area contributed by atoms with Gasteiger partial charge in [0.1, 0.15) is 0 Å². The van der Waals surface area contributed by atoms with Crippen LogP contribution in [0.25, 0.3) is 0 Å². The van der Waals surface area contributed by atoms with Crippen LogP contribution in [0.4, 0.5) is 0 Å². The van der Waals surface area contributed by atoms with Crippen molar-refractivity contribution in [3.8, 4) is 0 Å². The minimum atomic E-state index is 0.959. The van der Waals surface area contributed by atoms with Crippen molar-refractivity contribution < 1.29 is 0 Å². The first kappa shape index (κ1) is 16.0. The van der Waals surface area contributed by atoms with E-state index in [0.717, 1.165) is 5.33 Å². The van der Waals surface area contributed by atoms with Crippen molar-refractivity contribution in [2.75, 3.05) is 0 Å². The molecule has 2 aromatic carbocycles. The van der Waals surface area contributed by atoms with Crippen LogP contribution >= 0.6 is 15.9 Å². The highest BCUT2D eigenvalue weighted by Crippen LogP contribution is 2.13. The molecule has 1 heteroatoms. The second-order valence-electron chi connectivity index (χ2n) is 5.15. The lowest BCUT2D eigenvalue weighted by Crippen LogP contribution is -1.84. The van der Waals surface area contributed by atoms with Crippen molar-refractivity contribution in [1.29, 1.82) is 0 Å². The van der Waals surface area contributed by atoms with E-state index in [2.05, 4.69) is 86.9 Å². The SMILES string of the molecule is Cc1ccc(C)c(C)c1.Cc1ccc(C)c(CBr)c1. The van der Waals surface area contributed by atoms with Crippen molar-refractivity contribution in [1.82, 2.24) is 0 Å². The summed E-state index contributed by atoms with van der Waals surface area (Å²) in [6.45, 7) is 10.6. The van der Waals surface area contributed by atoms with Gasteiger partial charge in [-0.2, -0.15) is 0 Å². The first-order valence-corrected chi connectivity index (χ1v) is 7.72. The predicted molar refractivity (Wildman–Crippen MR) is 89.2 cm³/mol. The van der Waals surface area contributed by atoms with Crippen molar-refractivity contribution in [3.63, 3.8) is 0 Å². The van der Waals surface area contributed by atoms with E-state index in [-0.39, 0.29) is 0 Å². The highest BCUT2D eigenvalue weighted by Gasteiger charge is 1.94. The molecule has 0 aliphatic carbocycles. The van der Waals surface area contributed by atoms with Gasteiger partial charge in [-0.25, -0.2) is 0 Å². The van der Waals surface area contributed by atoms with E-state index < -0.39 is 0 Å². The molecule has 0 amide bonds. The minimum absolute atomic E-state index is 0.959. The van der Waals surface area contributed by atoms with Crippen LogP contribution in [0.2, 0.25) is 0 Å². The number of benzene rings is 2. The van der Waals surface area contributed by atoms with Crippen LogP contribution in [-0.2, 0) is 5.33 Å². The maximum absolute atomic E-state index is 3.44. The first-order valence-electron chi connectivity index (χ1n) is 6.60.